The van der Waals surface area contributed by atoms with E-state index in [1.807, 2.05) is 27.7 Å². The molecule has 5 nitrogen and oxygen atoms in total. The third-order valence-corrected chi connectivity index (χ3v) is 4.33. The highest BCUT2D eigenvalue weighted by Crippen LogP contribution is 2.36. The van der Waals surface area contributed by atoms with Crippen molar-refractivity contribution in [2.45, 2.75) is 57.8 Å². The molecule has 1 aromatic rings. The number of ether oxygens (including phenoxy) is 1. The second kappa shape index (κ2) is 4.82. The molecule has 0 N–H and O–H groups in total. The molecule has 112 valence electrons. The number of pyridine rings is 1. The van der Waals surface area contributed by atoms with E-state index in [-0.39, 0.29) is 6.10 Å². The highest BCUT2D eigenvalue weighted by molar-refractivity contribution is 6.61. The molecule has 0 radical (unpaired) electrons. The summed E-state index contributed by atoms with van der Waals surface area (Å²) in [6, 6.07) is 3.57. The lowest BCUT2D eigenvalue weighted by Crippen LogP contribution is -2.41. The van der Waals surface area contributed by atoms with Crippen LogP contribution in [0.2, 0.25) is 0 Å². The van der Waals surface area contributed by atoms with E-state index in [0.29, 0.717) is 23.3 Å². The summed E-state index contributed by atoms with van der Waals surface area (Å²) >= 11 is 0. The topological polar surface area (TPSA) is 57.7 Å². The van der Waals surface area contributed by atoms with Crippen LogP contribution in [0, 0.1) is 0 Å². The van der Waals surface area contributed by atoms with Crippen LogP contribution in [0.1, 0.15) is 51.0 Å². The van der Waals surface area contributed by atoms with Gasteiger partial charge in [-0.3, -0.25) is 4.79 Å². The highest BCUT2D eigenvalue weighted by Gasteiger charge is 2.52. The molecule has 0 aromatic carbocycles. The first-order valence-electron chi connectivity index (χ1n) is 7.31. The maximum absolute atomic E-state index is 11.2. The van der Waals surface area contributed by atoms with E-state index in [1.165, 1.54) is 0 Å². The summed E-state index contributed by atoms with van der Waals surface area (Å²) in [6.07, 6.45) is 3.02. The summed E-state index contributed by atoms with van der Waals surface area (Å²) in [5.74, 6) is 0.535. The van der Waals surface area contributed by atoms with Crippen molar-refractivity contribution >= 4 is 19.0 Å². The van der Waals surface area contributed by atoms with E-state index in [1.54, 1.807) is 12.1 Å². The zero-order chi connectivity index (χ0) is 15.3. The van der Waals surface area contributed by atoms with E-state index >= 15 is 0 Å². The molecule has 2 aliphatic rings. The third-order valence-electron chi connectivity index (χ3n) is 4.33. The van der Waals surface area contributed by atoms with Gasteiger partial charge in [-0.1, -0.05) is 0 Å². The van der Waals surface area contributed by atoms with Crippen LogP contribution in [0.3, 0.4) is 0 Å². The first kappa shape index (κ1) is 14.5. The van der Waals surface area contributed by atoms with E-state index in [4.69, 9.17) is 14.0 Å². The number of aldehydes is 1. The Hall–Kier alpha value is -1.40. The van der Waals surface area contributed by atoms with Gasteiger partial charge in [-0.15, -0.1) is 0 Å². The number of hydrogen-bond acceptors (Lipinski definition) is 5. The fourth-order valence-corrected chi connectivity index (χ4v) is 2.12. The molecule has 2 heterocycles. The predicted molar refractivity (Wildman–Crippen MR) is 79.0 cm³/mol. The van der Waals surface area contributed by atoms with Crippen LogP contribution in [0.4, 0.5) is 0 Å². The molecule has 0 spiro atoms. The number of carbonyl (C=O) groups excluding carboxylic acids is 1. The number of hydrogen-bond donors (Lipinski definition) is 0. The van der Waals surface area contributed by atoms with Gasteiger partial charge in [0.05, 0.1) is 22.9 Å². The van der Waals surface area contributed by atoms with Gasteiger partial charge in [0.1, 0.15) is 11.4 Å². The highest BCUT2D eigenvalue weighted by atomic mass is 16.7. The molecule has 21 heavy (non-hydrogen) atoms. The second-order valence-corrected chi connectivity index (χ2v) is 6.64. The van der Waals surface area contributed by atoms with E-state index < -0.39 is 18.3 Å². The van der Waals surface area contributed by atoms with Crippen LogP contribution in [0.15, 0.2) is 12.1 Å². The normalized spacial score (nSPS) is 23.1. The second-order valence-electron chi connectivity index (χ2n) is 6.64. The van der Waals surface area contributed by atoms with Gasteiger partial charge >= 0.3 is 7.12 Å². The Morgan fingerprint density at radius 3 is 2.38 bits per heavy atom. The largest absolute Gasteiger partial charge is 0.514 e. The zero-order valence-electron chi connectivity index (χ0n) is 12.9. The minimum atomic E-state index is -0.566. The SMILES string of the molecule is CC1(C)OB(c2ccc(OC3CC3)c(C=O)n2)OC1(C)C. The molecule has 0 atom stereocenters. The molecule has 0 amide bonds. The lowest BCUT2D eigenvalue weighted by molar-refractivity contribution is 0.00578. The van der Waals surface area contributed by atoms with E-state index in [0.717, 1.165) is 12.8 Å². The maximum Gasteiger partial charge on any atom is 0.514 e. The van der Waals surface area contributed by atoms with Gasteiger partial charge in [0, 0.05) is 0 Å². The van der Waals surface area contributed by atoms with Crippen molar-refractivity contribution in [1.82, 2.24) is 4.98 Å². The fraction of sp³-hybridized carbons (Fsp3) is 0.600. The number of carbonyl (C=O) groups is 1. The number of aromatic nitrogens is 1. The molecular formula is C15H20BNO4. The van der Waals surface area contributed by atoms with Crippen molar-refractivity contribution in [2.75, 3.05) is 0 Å². The Morgan fingerprint density at radius 2 is 1.86 bits per heavy atom. The predicted octanol–water partition coefficient (Wildman–Crippen LogP) is 1.73. The summed E-state index contributed by atoms with van der Waals surface area (Å²) in [5.41, 5.74) is 0.0429. The van der Waals surface area contributed by atoms with Gasteiger partial charge in [0.15, 0.2) is 6.29 Å². The Kier molecular flexibility index (Phi) is 3.33. The van der Waals surface area contributed by atoms with Crippen LogP contribution < -0.4 is 10.3 Å². The fourth-order valence-electron chi connectivity index (χ4n) is 2.12. The Balaban J connectivity index is 1.84. The minimum Gasteiger partial charge on any atom is -0.488 e. The monoisotopic (exact) mass is 289 g/mol. The summed E-state index contributed by atoms with van der Waals surface area (Å²) in [6.45, 7) is 7.94. The van der Waals surface area contributed by atoms with Crippen LogP contribution in [-0.2, 0) is 9.31 Å². The van der Waals surface area contributed by atoms with Gasteiger partial charge in [-0.25, -0.2) is 4.98 Å². The van der Waals surface area contributed by atoms with Gasteiger partial charge in [-0.2, -0.15) is 0 Å². The van der Waals surface area contributed by atoms with Gasteiger partial charge in [-0.05, 0) is 52.7 Å². The maximum atomic E-state index is 11.2. The standard InChI is InChI=1S/C15H20BNO4/c1-14(2)15(3,4)21-16(20-14)13-8-7-12(11(9-18)17-13)19-10-5-6-10/h7-10H,5-6H2,1-4H3. The van der Waals surface area contributed by atoms with E-state index in [9.17, 15) is 4.79 Å². The van der Waals surface area contributed by atoms with Crippen LogP contribution >= 0.6 is 0 Å². The number of rotatable bonds is 4. The molecule has 1 aliphatic carbocycles. The van der Waals surface area contributed by atoms with Crippen LogP contribution in [0.5, 0.6) is 5.75 Å². The van der Waals surface area contributed by atoms with Crippen molar-refractivity contribution in [3.63, 3.8) is 0 Å². The van der Waals surface area contributed by atoms with Crippen molar-refractivity contribution in [2.24, 2.45) is 0 Å². The molecular weight excluding hydrogens is 269 g/mol. The average molecular weight is 289 g/mol. The quantitative estimate of drug-likeness (QED) is 0.624. The van der Waals surface area contributed by atoms with E-state index in [2.05, 4.69) is 4.98 Å². The van der Waals surface area contributed by atoms with Gasteiger partial charge < -0.3 is 14.0 Å². The molecule has 2 fully saturated rings. The molecule has 6 heteroatoms. The first-order chi connectivity index (χ1) is 9.82. The first-order valence-corrected chi connectivity index (χ1v) is 7.31. The molecule has 1 saturated carbocycles. The smallest absolute Gasteiger partial charge is 0.488 e. The van der Waals surface area contributed by atoms with Crippen molar-refractivity contribution in [3.8, 4) is 5.75 Å². The van der Waals surface area contributed by atoms with Gasteiger partial charge in [0.2, 0.25) is 0 Å². The van der Waals surface area contributed by atoms with Crippen LogP contribution in [-0.4, -0.2) is 35.7 Å². The molecule has 1 aliphatic heterocycles. The van der Waals surface area contributed by atoms with Crippen molar-refractivity contribution in [1.29, 1.82) is 0 Å². The third kappa shape index (κ3) is 2.70. The summed E-state index contributed by atoms with van der Waals surface area (Å²) in [7, 11) is -0.566. The summed E-state index contributed by atoms with van der Waals surface area (Å²) < 4.78 is 17.6. The van der Waals surface area contributed by atoms with Gasteiger partial charge in [0.25, 0.3) is 0 Å². The molecule has 0 bridgehead atoms. The Morgan fingerprint density at radius 1 is 1.24 bits per heavy atom. The van der Waals surface area contributed by atoms with Crippen LogP contribution in [0.25, 0.3) is 0 Å². The Bertz CT molecular complexity index is 553. The lowest BCUT2D eigenvalue weighted by Gasteiger charge is -2.32. The molecule has 3 rings (SSSR count). The van der Waals surface area contributed by atoms with Crippen molar-refractivity contribution in [3.05, 3.63) is 17.8 Å². The summed E-state index contributed by atoms with van der Waals surface area (Å²) in [5, 5.41) is 0. The average Bonchev–Trinajstić information content (AvgIpc) is 3.17. The van der Waals surface area contributed by atoms with Crippen molar-refractivity contribution < 1.29 is 18.8 Å². The zero-order valence-corrected chi connectivity index (χ0v) is 12.9. The molecule has 0 unspecified atom stereocenters. The lowest BCUT2D eigenvalue weighted by atomic mass is 9.84. The minimum absolute atomic E-state index is 0.230. The molecule has 1 saturated heterocycles. The Labute approximate surface area is 125 Å². The number of nitrogens with zero attached hydrogens (tertiary/aromatic N) is 1. The summed E-state index contributed by atoms with van der Waals surface area (Å²) in [4.78, 5) is 15.6. The molecule has 1 aromatic heterocycles.